The topological polar surface area (TPSA) is 0 Å². The molecular formula is C12H27Cl2PPt. The van der Waals surface area contributed by atoms with E-state index in [1.54, 1.807) is 18.5 Å². The fourth-order valence-electron chi connectivity index (χ4n) is 1.48. The molecule has 0 saturated carbocycles. The first-order chi connectivity index (χ1) is 7.76. The average Bonchev–Trinajstić information content (AvgIpc) is 2.29. The van der Waals surface area contributed by atoms with Gasteiger partial charge in [0.1, 0.15) is 0 Å². The Kier molecular flexibility index (Phi) is 23.8. The summed E-state index contributed by atoms with van der Waals surface area (Å²) in [6, 6.07) is 0. The van der Waals surface area contributed by atoms with E-state index in [2.05, 4.69) is 20.8 Å². The second-order valence-electron chi connectivity index (χ2n) is 3.95. The van der Waals surface area contributed by atoms with Gasteiger partial charge in [-0.05, 0) is 37.7 Å². The molecule has 0 amide bonds. The van der Waals surface area contributed by atoms with E-state index < -0.39 is 16.5 Å². The van der Waals surface area contributed by atoms with E-state index >= 15 is 0 Å². The van der Waals surface area contributed by atoms with Gasteiger partial charge in [-0.3, -0.25) is 0 Å². The van der Waals surface area contributed by atoms with Gasteiger partial charge in [0.2, 0.25) is 0 Å². The van der Waals surface area contributed by atoms with E-state index in [1.807, 2.05) is 0 Å². The van der Waals surface area contributed by atoms with Crippen LogP contribution in [-0.4, -0.2) is 18.5 Å². The number of hydrogen-bond donors (Lipinski definition) is 0. The van der Waals surface area contributed by atoms with Crippen LogP contribution in [0.1, 0.15) is 59.3 Å². The van der Waals surface area contributed by atoms with Crippen LogP contribution in [0.15, 0.2) is 0 Å². The molecule has 0 N–H and O–H groups in total. The van der Waals surface area contributed by atoms with Gasteiger partial charge in [-0.1, -0.05) is 40.0 Å². The molecule has 0 aromatic carbocycles. The van der Waals surface area contributed by atoms with Crippen molar-refractivity contribution in [2.45, 2.75) is 59.3 Å². The molecule has 0 aliphatic carbocycles. The third-order valence-corrected chi connectivity index (χ3v) is 5.33. The van der Waals surface area contributed by atoms with Crippen LogP contribution < -0.4 is 0 Å². The number of unbranched alkanes of at least 4 members (excludes halogenated alkanes) is 3. The van der Waals surface area contributed by atoms with Gasteiger partial charge in [0.25, 0.3) is 0 Å². The molecule has 0 rings (SSSR count). The van der Waals surface area contributed by atoms with Gasteiger partial charge in [0.15, 0.2) is 0 Å². The van der Waals surface area contributed by atoms with Gasteiger partial charge in [0, 0.05) is 0 Å². The van der Waals surface area contributed by atoms with Crippen molar-refractivity contribution in [1.29, 1.82) is 0 Å². The van der Waals surface area contributed by atoms with E-state index in [0.29, 0.717) is 7.92 Å². The quantitative estimate of drug-likeness (QED) is 0.351. The van der Waals surface area contributed by atoms with Crippen molar-refractivity contribution in [1.82, 2.24) is 0 Å². The van der Waals surface area contributed by atoms with Crippen LogP contribution in [-0.2, 0) is 16.5 Å². The Morgan fingerprint density at radius 3 is 1.19 bits per heavy atom. The molecule has 0 spiro atoms. The van der Waals surface area contributed by atoms with Crippen LogP contribution in [0.4, 0.5) is 0 Å². The first-order valence-corrected chi connectivity index (χ1v) is 13.8. The molecule has 0 saturated heterocycles. The van der Waals surface area contributed by atoms with Crippen molar-refractivity contribution in [3.8, 4) is 0 Å². The van der Waals surface area contributed by atoms with Crippen molar-refractivity contribution in [3.05, 3.63) is 0 Å². The summed E-state index contributed by atoms with van der Waals surface area (Å²) >= 11 is -0.472. The predicted molar refractivity (Wildman–Crippen MR) is 78.0 cm³/mol. The summed E-state index contributed by atoms with van der Waals surface area (Å²) in [6.45, 7) is 6.94. The summed E-state index contributed by atoms with van der Waals surface area (Å²) in [5, 5.41) is 0. The first kappa shape index (κ1) is 20.0. The molecule has 0 aromatic heterocycles. The summed E-state index contributed by atoms with van der Waals surface area (Å²) in [7, 11) is 10.2. The number of halogens is 2. The van der Waals surface area contributed by atoms with Crippen LogP contribution in [0.5, 0.6) is 0 Å². The van der Waals surface area contributed by atoms with E-state index in [0.717, 1.165) is 0 Å². The maximum absolute atomic E-state index is 4.88. The Hall–Kier alpha value is 1.70. The van der Waals surface area contributed by atoms with Gasteiger partial charge < -0.3 is 0 Å². The van der Waals surface area contributed by atoms with Crippen molar-refractivity contribution < 1.29 is 16.5 Å². The van der Waals surface area contributed by atoms with Crippen LogP contribution in [0.25, 0.3) is 0 Å². The SMILES string of the molecule is CCCCP(CCCC)CCCC.[Cl][Pt][Cl]. The summed E-state index contributed by atoms with van der Waals surface area (Å²) < 4.78 is 0. The summed E-state index contributed by atoms with van der Waals surface area (Å²) in [5.74, 6) is 0. The zero-order valence-electron chi connectivity index (χ0n) is 10.9. The molecule has 0 unspecified atom stereocenters. The fraction of sp³-hybridized carbons (Fsp3) is 1.00. The minimum absolute atomic E-state index is 0.422. The summed E-state index contributed by atoms with van der Waals surface area (Å²) in [4.78, 5) is 0. The molecule has 0 aliphatic rings. The van der Waals surface area contributed by atoms with E-state index in [4.69, 9.17) is 18.8 Å². The van der Waals surface area contributed by atoms with E-state index in [9.17, 15) is 0 Å². The summed E-state index contributed by atoms with van der Waals surface area (Å²) in [6.07, 6.45) is 13.2. The first-order valence-electron chi connectivity index (χ1n) is 6.31. The van der Waals surface area contributed by atoms with E-state index in [1.165, 1.54) is 38.5 Å². The number of rotatable bonds is 9. The van der Waals surface area contributed by atoms with Gasteiger partial charge in [-0.2, -0.15) is 0 Å². The van der Waals surface area contributed by atoms with Crippen LogP contribution in [0.3, 0.4) is 0 Å². The molecule has 0 fully saturated rings. The summed E-state index contributed by atoms with van der Waals surface area (Å²) in [5.41, 5.74) is 0. The normalized spacial score (nSPS) is 10.4. The molecule has 4 heteroatoms. The molecule has 0 radical (unpaired) electrons. The predicted octanol–water partition coefficient (Wildman–Crippen LogP) is 6.25. The standard InChI is InChI=1S/C12H27P.2ClH.Pt/c1-4-7-10-13(11-8-5-2)12-9-6-3;;;/h4-12H2,1-3H3;2*1H;/q;;;+2/p-2. The Bertz CT molecular complexity index is 96.2. The Labute approximate surface area is 120 Å². The van der Waals surface area contributed by atoms with Gasteiger partial charge >= 0.3 is 35.3 Å². The number of hydrogen-bond acceptors (Lipinski definition) is 0. The molecule has 0 aromatic rings. The van der Waals surface area contributed by atoms with Crippen molar-refractivity contribution in [2.24, 2.45) is 0 Å². The molecule has 0 bridgehead atoms. The maximum atomic E-state index is 4.88. The van der Waals surface area contributed by atoms with Crippen LogP contribution in [0.2, 0.25) is 0 Å². The fourth-order valence-corrected chi connectivity index (χ4v) is 4.44. The Morgan fingerprint density at radius 1 is 0.750 bits per heavy atom. The Balaban J connectivity index is 0. The molecule has 16 heavy (non-hydrogen) atoms. The molecule has 0 atom stereocenters. The van der Waals surface area contributed by atoms with Gasteiger partial charge in [-0.15, -0.1) is 7.92 Å². The zero-order valence-corrected chi connectivity index (χ0v) is 15.6. The molecule has 0 heterocycles. The van der Waals surface area contributed by atoms with Crippen molar-refractivity contribution in [3.63, 3.8) is 0 Å². The van der Waals surface area contributed by atoms with Crippen LogP contribution >= 0.6 is 26.8 Å². The van der Waals surface area contributed by atoms with Crippen molar-refractivity contribution >= 4 is 26.8 Å². The molecule has 0 nitrogen and oxygen atoms in total. The van der Waals surface area contributed by atoms with Crippen LogP contribution in [0, 0.1) is 0 Å². The Morgan fingerprint density at radius 2 is 1.00 bits per heavy atom. The monoisotopic (exact) mass is 467 g/mol. The van der Waals surface area contributed by atoms with Gasteiger partial charge in [0.05, 0.1) is 0 Å². The van der Waals surface area contributed by atoms with E-state index in [-0.39, 0.29) is 0 Å². The minimum atomic E-state index is -0.472. The van der Waals surface area contributed by atoms with Crippen molar-refractivity contribution in [2.75, 3.05) is 18.5 Å². The van der Waals surface area contributed by atoms with Gasteiger partial charge in [-0.25, -0.2) is 0 Å². The average molecular weight is 468 g/mol. The second kappa shape index (κ2) is 19.0. The third-order valence-electron chi connectivity index (χ3n) is 2.48. The third kappa shape index (κ3) is 18.1. The molecule has 0 aliphatic heterocycles. The second-order valence-corrected chi connectivity index (χ2v) is 9.91. The molecular weight excluding hydrogens is 441 g/mol. The molecule has 104 valence electrons. The zero-order chi connectivity index (χ0) is 12.6.